The smallest absolute Gasteiger partial charge is 0.361 e. The fourth-order valence-electron chi connectivity index (χ4n) is 13.8. The van der Waals surface area contributed by atoms with Crippen LogP contribution < -0.4 is 9.64 Å². The molecule has 0 radical (unpaired) electrons. The Bertz CT molecular complexity index is 2440. The Morgan fingerprint density at radius 2 is 1.73 bits per heavy atom. The van der Waals surface area contributed by atoms with Gasteiger partial charge < -0.3 is 43.2 Å². The van der Waals surface area contributed by atoms with E-state index < -0.39 is 51.9 Å². The predicted octanol–water partition coefficient (Wildman–Crippen LogP) is 4.44. The standard InChI is InChI=1S/C48H59N4O10/c1-9-29-20-30-23-47(43(55)60-7,39-32(31-14-11-12-15-35(31)49-39)26-52(24-29,25-30)27-38(54)59-6)34-21-33-36(22-37(34)58-5)50(4)41-46(33)17-19-51-18-13-16-45(10-2,40(46)51)42(62-28(3)53)48(41,57)44(56)61-8/h11-16,20-22,30,40-42,49,57H,9-10,17-19,23-27H2,1-8H3/q+1/t30-,40+,41-,42-,45-,46-,47+,48+,52+/m1/s1. The molecule has 2 aromatic carbocycles. The molecule has 9 rings (SSSR count). The Morgan fingerprint density at radius 3 is 2.40 bits per heavy atom. The number of fused-ring (bicyclic) bond motifs is 6. The van der Waals surface area contributed by atoms with Crippen LogP contribution in [0, 0.1) is 11.3 Å². The number of rotatable bonds is 9. The van der Waals surface area contributed by atoms with Gasteiger partial charge in [-0.15, -0.1) is 0 Å². The molecule has 1 saturated heterocycles. The minimum atomic E-state index is -2.32. The molecule has 0 unspecified atom stereocenters. The summed E-state index contributed by atoms with van der Waals surface area (Å²) in [7, 11) is 7.54. The fraction of sp³-hybridized carbons (Fsp3) is 0.542. The molecular weight excluding hydrogens is 793 g/mol. The Hall–Kier alpha value is -5.18. The van der Waals surface area contributed by atoms with Crippen molar-refractivity contribution in [2.75, 3.05) is 73.1 Å². The van der Waals surface area contributed by atoms with Gasteiger partial charge in [-0.1, -0.05) is 50.3 Å². The molecule has 0 amide bonds. The maximum absolute atomic E-state index is 15.4. The summed E-state index contributed by atoms with van der Waals surface area (Å²) in [5, 5.41) is 14.3. The third-order valence-corrected chi connectivity index (χ3v) is 15.8. The molecule has 14 heteroatoms. The molecule has 330 valence electrons. The summed E-state index contributed by atoms with van der Waals surface area (Å²) in [6.07, 6.45) is 7.18. The summed E-state index contributed by atoms with van der Waals surface area (Å²) in [5.41, 5.74) is 0.115. The number of aliphatic hydroxyl groups is 1. The molecule has 1 spiro atoms. The van der Waals surface area contributed by atoms with Crippen molar-refractivity contribution < 1.29 is 52.5 Å². The van der Waals surface area contributed by atoms with Crippen LogP contribution in [0.4, 0.5) is 5.69 Å². The highest BCUT2D eigenvalue weighted by Crippen LogP contribution is 2.68. The summed E-state index contributed by atoms with van der Waals surface area (Å²) in [6.45, 7) is 8.61. The minimum absolute atomic E-state index is 0.171. The molecule has 1 saturated carbocycles. The van der Waals surface area contributed by atoms with Crippen LogP contribution in [0.3, 0.4) is 0 Å². The number of aromatic nitrogens is 1. The Morgan fingerprint density at radius 1 is 0.968 bits per heavy atom. The van der Waals surface area contributed by atoms with E-state index in [9.17, 15) is 19.5 Å². The van der Waals surface area contributed by atoms with Crippen molar-refractivity contribution in [1.29, 1.82) is 0 Å². The van der Waals surface area contributed by atoms with Crippen LogP contribution in [0.15, 0.2) is 60.2 Å². The molecule has 1 aliphatic carbocycles. The number of anilines is 1. The van der Waals surface area contributed by atoms with Crippen LogP contribution in [-0.4, -0.2) is 135 Å². The average molecular weight is 852 g/mol. The normalized spacial score (nSPS) is 34.1. The topological polar surface area (TPSA) is 157 Å². The number of ether oxygens (including phenoxy) is 5. The lowest BCUT2D eigenvalue weighted by Crippen LogP contribution is -2.81. The van der Waals surface area contributed by atoms with Gasteiger partial charge in [-0.25, -0.2) is 9.59 Å². The second-order valence-corrected chi connectivity index (χ2v) is 18.6. The first-order valence-corrected chi connectivity index (χ1v) is 21.8. The third-order valence-electron chi connectivity index (χ3n) is 15.8. The molecule has 3 aromatic rings. The van der Waals surface area contributed by atoms with Gasteiger partial charge in [0.05, 0.1) is 41.0 Å². The molecule has 6 heterocycles. The van der Waals surface area contributed by atoms with Crippen LogP contribution in [0.5, 0.6) is 5.75 Å². The van der Waals surface area contributed by atoms with Gasteiger partial charge in [0.25, 0.3) is 0 Å². The first kappa shape index (κ1) is 42.1. The zero-order valence-corrected chi connectivity index (χ0v) is 37.0. The number of esters is 4. The fourth-order valence-corrected chi connectivity index (χ4v) is 13.8. The molecule has 62 heavy (non-hydrogen) atoms. The van der Waals surface area contributed by atoms with E-state index >= 15 is 4.79 Å². The average Bonchev–Trinajstić information content (AvgIpc) is 3.92. The number of nitrogens with one attached hydrogen (secondary N) is 1. The molecule has 9 atom stereocenters. The number of aromatic amines is 1. The zero-order valence-electron chi connectivity index (χ0n) is 37.0. The van der Waals surface area contributed by atoms with E-state index in [1.165, 1.54) is 33.8 Å². The van der Waals surface area contributed by atoms with Gasteiger partial charge in [-0.2, -0.15) is 0 Å². The second-order valence-electron chi connectivity index (χ2n) is 18.6. The van der Waals surface area contributed by atoms with Gasteiger partial charge in [0.1, 0.15) is 24.3 Å². The SMILES string of the molecule is CCC1=C[C@@H]2C[C@](C(=O)OC)(c3cc4c(cc3OC)N(C)[C@H]3[C@@](O)(C(=O)OC)[C@H](OC(C)=O)[C@]5(CC)C=CCN6CC[C@]43[C@@H]65)c3[nH]c4ccccc4c3C[N@+](CC(=O)OC)(C1)C2. The van der Waals surface area contributed by atoms with Crippen LogP contribution in [-0.2, 0) is 55.5 Å². The number of carbonyl (C=O) groups is 4. The number of nitrogens with zero attached hydrogens (tertiary/aromatic N) is 3. The van der Waals surface area contributed by atoms with Crippen molar-refractivity contribution in [2.45, 2.75) is 87.6 Å². The van der Waals surface area contributed by atoms with E-state index in [1.807, 2.05) is 55.3 Å². The van der Waals surface area contributed by atoms with Gasteiger partial charge in [-0.05, 0) is 55.5 Å². The quantitative estimate of drug-likeness (QED) is 0.135. The van der Waals surface area contributed by atoms with Crippen molar-refractivity contribution >= 4 is 40.5 Å². The van der Waals surface area contributed by atoms with Crippen molar-refractivity contribution in [1.82, 2.24) is 9.88 Å². The molecule has 1 aromatic heterocycles. The Labute approximate surface area is 362 Å². The number of benzene rings is 2. The first-order chi connectivity index (χ1) is 29.7. The molecule has 2 fully saturated rings. The molecule has 6 aliphatic rings. The van der Waals surface area contributed by atoms with Gasteiger partial charge in [0.15, 0.2) is 12.6 Å². The number of para-hydroxylation sites is 1. The Kier molecular flexibility index (Phi) is 9.99. The van der Waals surface area contributed by atoms with Crippen molar-refractivity contribution in [3.63, 3.8) is 0 Å². The van der Waals surface area contributed by atoms with E-state index in [0.717, 1.165) is 34.1 Å². The highest BCUT2D eigenvalue weighted by Gasteiger charge is 2.80. The minimum Gasteiger partial charge on any atom is -0.496 e. The van der Waals surface area contributed by atoms with Crippen LogP contribution in [0.1, 0.15) is 68.8 Å². The number of quaternary nitrogens is 1. The summed E-state index contributed by atoms with van der Waals surface area (Å²) in [4.78, 5) is 64.2. The van der Waals surface area contributed by atoms with E-state index in [-0.39, 0.29) is 24.5 Å². The third kappa shape index (κ3) is 5.44. The van der Waals surface area contributed by atoms with Gasteiger partial charge in [0, 0.05) is 82.8 Å². The number of H-pyrrole nitrogens is 1. The summed E-state index contributed by atoms with van der Waals surface area (Å²) >= 11 is 0. The molecule has 2 N–H and O–H groups in total. The number of methoxy groups -OCH3 is 4. The van der Waals surface area contributed by atoms with Crippen molar-refractivity contribution in [3.8, 4) is 5.75 Å². The zero-order chi connectivity index (χ0) is 44.1. The van der Waals surface area contributed by atoms with Crippen LogP contribution >= 0.6 is 0 Å². The van der Waals surface area contributed by atoms with E-state index in [0.29, 0.717) is 73.5 Å². The summed E-state index contributed by atoms with van der Waals surface area (Å²) < 4.78 is 29.7. The first-order valence-electron chi connectivity index (χ1n) is 21.8. The lowest BCUT2D eigenvalue weighted by atomic mass is 9.47. The van der Waals surface area contributed by atoms with Gasteiger partial charge in [-0.3, -0.25) is 14.5 Å². The van der Waals surface area contributed by atoms with Crippen molar-refractivity contribution in [2.24, 2.45) is 11.3 Å². The van der Waals surface area contributed by atoms with Gasteiger partial charge in [0.2, 0.25) is 5.60 Å². The largest absolute Gasteiger partial charge is 0.496 e. The monoisotopic (exact) mass is 851 g/mol. The number of hydrogen-bond acceptors (Lipinski definition) is 12. The molecular formula is C48H59N4O10+. The maximum Gasteiger partial charge on any atom is 0.361 e. The highest BCUT2D eigenvalue weighted by atomic mass is 16.6. The van der Waals surface area contributed by atoms with Crippen molar-refractivity contribution in [3.05, 3.63) is 82.6 Å². The molecule has 5 aliphatic heterocycles. The lowest BCUT2D eigenvalue weighted by Gasteiger charge is -2.63. The summed E-state index contributed by atoms with van der Waals surface area (Å²) in [5.74, 6) is -1.99. The summed E-state index contributed by atoms with van der Waals surface area (Å²) in [6, 6.07) is 10.8. The number of hydrogen-bond donors (Lipinski definition) is 2. The molecule has 14 nitrogen and oxygen atoms in total. The van der Waals surface area contributed by atoms with E-state index in [4.69, 9.17) is 23.7 Å². The number of carbonyl (C=O) groups excluding carboxylic acids is 4. The lowest BCUT2D eigenvalue weighted by molar-refractivity contribution is -0.934. The van der Waals surface area contributed by atoms with Crippen LogP contribution in [0.25, 0.3) is 10.9 Å². The number of likely N-dealkylation sites (N-methyl/N-ethyl adjacent to an activating group) is 1. The maximum atomic E-state index is 15.4. The Balaban J connectivity index is 1.37. The molecule has 2 bridgehead atoms. The predicted molar refractivity (Wildman–Crippen MR) is 229 cm³/mol. The highest BCUT2D eigenvalue weighted by molar-refractivity contribution is 5.95. The second kappa shape index (κ2) is 14.7. The van der Waals surface area contributed by atoms with Gasteiger partial charge >= 0.3 is 23.9 Å². The van der Waals surface area contributed by atoms with E-state index in [1.54, 1.807) is 7.11 Å². The van der Waals surface area contributed by atoms with Crippen LogP contribution in [0.2, 0.25) is 0 Å². The van der Waals surface area contributed by atoms with E-state index in [2.05, 4.69) is 35.0 Å².